The average molecular weight is 756 g/mol. The number of likely N-dealkylation sites (N-methyl/N-ethyl adjacent to an activating group) is 2. The SMILES string of the molecule is CC[C@H](C)[C@H](NC(=O)C1CCCCN1C)C(=O)N(C)[C@H](C[C@@H](OC(=O)C(C)C)c1nc(C(=O)N[C@@H](Cc2ccccc2)C[C@H](C)C(=O)O)cs1)C(C)C. The smallest absolute Gasteiger partial charge is 0.309 e. The molecule has 13 heteroatoms. The van der Waals surface area contributed by atoms with Gasteiger partial charge < -0.3 is 25.4 Å². The molecule has 0 saturated carbocycles. The van der Waals surface area contributed by atoms with Crippen LogP contribution in [-0.2, 0) is 30.3 Å². The molecule has 3 rings (SSSR count). The second-order valence-corrected chi connectivity index (χ2v) is 16.2. The van der Waals surface area contributed by atoms with Gasteiger partial charge in [-0.2, -0.15) is 0 Å². The molecule has 7 atom stereocenters. The monoisotopic (exact) mass is 755 g/mol. The Morgan fingerprint density at radius 3 is 2.28 bits per heavy atom. The van der Waals surface area contributed by atoms with Crippen molar-refractivity contribution >= 4 is 41.0 Å². The van der Waals surface area contributed by atoms with Gasteiger partial charge in [0, 0.05) is 30.9 Å². The number of hydrogen-bond donors (Lipinski definition) is 3. The third-order valence-electron chi connectivity index (χ3n) is 10.4. The van der Waals surface area contributed by atoms with Crippen molar-refractivity contribution in [3.63, 3.8) is 0 Å². The maximum atomic E-state index is 14.3. The predicted octanol–water partition coefficient (Wildman–Crippen LogP) is 5.72. The first kappa shape index (κ1) is 43.6. The number of piperidine rings is 1. The summed E-state index contributed by atoms with van der Waals surface area (Å²) in [6.45, 7) is 13.9. The van der Waals surface area contributed by atoms with Crippen LogP contribution in [0.3, 0.4) is 0 Å². The van der Waals surface area contributed by atoms with Crippen molar-refractivity contribution < 1.29 is 33.8 Å². The minimum absolute atomic E-state index is 0.0559. The molecule has 1 aromatic carbocycles. The number of nitrogens with zero attached hydrogens (tertiary/aromatic N) is 3. The Bertz CT molecular complexity index is 1520. The van der Waals surface area contributed by atoms with Gasteiger partial charge in [0.25, 0.3) is 5.91 Å². The molecular formula is C40H61N5O7S. The standard InChI is InChI=1S/C40H61N5O7S/c1-10-26(6)34(43-36(47)31-18-14-15-19-44(31)8)38(48)45(9)32(24(2)3)22-33(52-40(51)25(4)5)37-42-30(23-53-37)35(46)41-29(20-27(7)39(49)50)21-28-16-12-11-13-17-28/h11-13,16-17,23-27,29,31-34H,10,14-15,18-22H2,1-9H3,(H,41,46)(H,43,47)(H,49,50)/t26-,27-,29+,31?,32+,33+,34-/m0/s1. The van der Waals surface area contributed by atoms with Gasteiger partial charge in [-0.05, 0) is 56.7 Å². The minimum Gasteiger partial charge on any atom is -0.481 e. The molecule has 3 amide bonds. The number of aromatic nitrogens is 1. The number of carbonyl (C=O) groups is 5. The fourth-order valence-electron chi connectivity index (χ4n) is 6.71. The first-order valence-corrected chi connectivity index (χ1v) is 19.9. The third kappa shape index (κ3) is 12.6. The Labute approximate surface area is 319 Å². The lowest BCUT2D eigenvalue weighted by Gasteiger charge is -2.38. The van der Waals surface area contributed by atoms with Crippen molar-refractivity contribution in [1.29, 1.82) is 0 Å². The minimum atomic E-state index is -0.944. The molecule has 2 aromatic rings. The number of carboxylic acids is 1. The lowest BCUT2D eigenvalue weighted by molar-refractivity contribution is -0.155. The number of carbonyl (C=O) groups excluding carboxylic acids is 4. The largest absolute Gasteiger partial charge is 0.481 e. The Morgan fingerprint density at radius 1 is 1.02 bits per heavy atom. The number of thiazole rings is 1. The van der Waals surface area contributed by atoms with Crippen LogP contribution in [0.5, 0.6) is 0 Å². The van der Waals surface area contributed by atoms with E-state index in [1.807, 2.05) is 70.0 Å². The number of aliphatic carboxylic acids is 1. The lowest BCUT2D eigenvalue weighted by atomic mass is 9.92. The van der Waals surface area contributed by atoms with E-state index in [1.165, 1.54) is 11.3 Å². The van der Waals surface area contributed by atoms with E-state index < -0.39 is 53.9 Å². The summed E-state index contributed by atoms with van der Waals surface area (Å²) in [5.74, 6) is -3.45. The van der Waals surface area contributed by atoms with E-state index >= 15 is 0 Å². The molecule has 0 bridgehead atoms. The molecule has 12 nitrogen and oxygen atoms in total. The van der Waals surface area contributed by atoms with Gasteiger partial charge >= 0.3 is 11.9 Å². The molecule has 1 saturated heterocycles. The molecule has 3 N–H and O–H groups in total. The number of amides is 3. The van der Waals surface area contributed by atoms with Gasteiger partial charge in [-0.15, -0.1) is 11.3 Å². The zero-order chi connectivity index (χ0) is 39.4. The van der Waals surface area contributed by atoms with Crippen molar-refractivity contribution in [3.8, 4) is 0 Å². The number of esters is 1. The second kappa shape index (κ2) is 20.6. The van der Waals surface area contributed by atoms with E-state index in [0.717, 1.165) is 31.4 Å². The Morgan fingerprint density at radius 2 is 1.70 bits per heavy atom. The van der Waals surface area contributed by atoms with Gasteiger partial charge in [0.05, 0.1) is 17.9 Å². The maximum absolute atomic E-state index is 14.3. The molecule has 1 aliphatic heterocycles. The number of nitrogens with one attached hydrogen (secondary N) is 2. The lowest BCUT2D eigenvalue weighted by Crippen LogP contribution is -2.58. The van der Waals surface area contributed by atoms with Crippen molar-refractivity contribution in [1.82, 2.24) is 25.4 Å². The van der Waals surface area contributed by atoms with E-state index in [-0.39, 0.29) is 48.2 Å². The third-order valence-corrected chi connectivity index (χ3v) is 11.3. The van der Waals surface area contributed by atoms with Gasteiger partial charge in [-0.3, -0.25) is 28.9 Å². The highest BCUT2D eigenvalue weighted by Gasteiger charge is 2.37. The van der Waals surface area contributed by atoms with Crippen LogP contribution in [0, 0.1) is 23.7 Å². The Hall–Kier alpha value is -3.84. The molecule has 1 aromatic heterocycles. The van der Waals surface area contributed by atoms with Gasteiger partial charge in [0.1, 0.15) is 16.7 Å². The summed E-state index contributed by atoms with van der Waals surface area (Å²) in [7, 11) is 3.67. The van der Waals surface area contributed by atoms with Gasteiger partial charge in [0.15, 0.2) is 6.10 Å². The van der Waals surface area contributed by atoms with Crippen LogP contribution < -0.4 is 10.6 Å². The highest BCUT2D eigenvalue weighted by molar-refractivity contribution is 7.09. The highest BCUT2D eigenvalue weighted by Crippen LogP contribution is 2.32. The molecule has 53 heavy (non-hydrogen) atoms. The zero-order valence-electron chi connectivity index (χ0n) is 33.0. The van der Waals surface area contributed by atoms with E-state index in [2.05, 4.69) is 15.6 Å². The van der Waals surface area contributed by atoms with Crippen molar-refractivity contribution in [2.75, 3.05) is 20.6 Å². The number of likely N-dealkylation sites (tertiary alicyclic amines) is 1. The number of benzene rings is 1. The van der Waals surface area contributed by atoms with Gasteiger partial charge in [0.2, 0.25) is 11.8 Å². The number of hydrogen-bond acceptors (Lipinski definition) is 9. The van der Waals surface area contributed by atoms with E-state index in [0.29, 0.717) is 17.8 Å². The van der Waals surface area contributed by atoms with Crippen molar-refractivity contribution in [2.24, 2.45) is 23.7 Å². The van der Waals surface area contributed by atoms with Crippen LogP contribution >= 0.6 is 11.3 Å². The number of carboxylic acid groups (broad SMARTS) is 1. The molecule has 294 valence electrons. The van der Waals surface area contributed by atoms with Crippen LogP contribution in [0.2, 0.25) is 0 Å². The molecule has 0 aliphatic carbocycles. The van der Waals surface area contributed by atoms with Crippen molar-refractivity contribution in [2.45, 2.75) is 124 Å². The maximum Gasteiger partial charge on any atom is 0.309 e. The Kier molecular flexibility index (Phi) is 16.9. The first-order valence-electron chi connectivity index (χ1n) is 19.0. The van der Waals surface area contributed by atoms with Crippen LogP contribution in [0.1, 0.15) is 114 Å². The highest BCUT2D eigenvalue weighted by atomic mass is 32.1. The summed E-state index contributed by atoms with van der Waals surface area (Å²) in [6.07, 6.45) is 3.51. The van der Waals surface area contributed by atoms with Crippen LogP contribution in [-0.4, -0.2) is 94.4 Å². The van der Waals surface area contributed by atoms with Crippen molar-refractivity contribution in [3.05, 3.63) is 52.0 Å². The predicted molar refractivity (Wildman–Crippen MR) is 206 cm³/mol. The molecule has 1 fully saturated rings. The molecule has 0 spiro atoms. The fraction of sp³-hybridized carbons (Fsp3) is 0.650. The Balaban J connectivity index is 1.86. The molecule has 2 heterocycles. The topological polar surface area (TPSA) is 158 Å². The molecular weight excluding hydrogens is 695 g/mol. The summed E-state index contributed by atoms with van der Waals surface area (Å²) < 4.78 is 6.02. The van der Waals surface area contributed by atoms with E-state index in [1.54, 1.807) is 38.1 Å². The van der Waals surface area contributed by atoms with Gasteiger partial charge in [-0.1, -0.05) is 91.6 Å². The molecule has 1 aliphatic rings. The summed E-state index contributed by atoms with van der Waals surface area (Å²) >= 11 is 1.19. The average Bonchev–Trinajstić information content (AvgIpc) is 3.62. The van der Waals surface area contributed by atoms with E-state index in [9.17, 15) is 29.1 Å². The zero-order valence-corrected chi connectivity index (χ0v) is 33.8. The summed E-state index contributed by atoms with van der Waals surface area (Å²) in [5.41, 5.74) is 1.10. The quantitative estimate of drug-likeness (QED) is 0.153. The second-order valence-electron chi connectivity index (χ2n) is 15.3. The van der Waals surface area contributed by atoms with Crippen LogP contribution in [0.4, 0.5) is 0 Å². The normalized spacial score (nSPS) is 18.4. The van der Waals surface area contributed by atoms with Crippen LogP contribution in [0.25, 0.3) is 0 Å². The molecule has 1 unspecified atom stereocenters. The summed E-state index contributed by atoms with van der Waals surface area (Å²) in [6, 6.07) is 7.68. The van der Waals surface area contributed by atoms with Crippen LogP contribution in [0.15, 0.2) is 35.7 Å². The number of ether oxygens (including phenoxy) is 1. The fourth-order valence-corrected chi connectivity index (χ4v) is 7.55. The molecule has 0 radical (unpaired) electrons. The summed E-state index contributed by atoms with van der Waals surface area (Å²) in [4.78, 5) is 74.4. The van der Waals surface area contributed by atoms with E-state index in [4.69, 9.17) is 4.74 Å². The first-order chi connectivity index (χ1) is 25.0. The van der Waals surface area contributed by atoms with Gasteiger partial charge in [-0.25, -0.2) is 4.98 Å². The summed E-state index contributed by atoms with van der Waals surface area (Å²) in [5, 5.41) is 17.7. The number of rotatable bonds is 19.